The van der Waals surface area contributed by atoms with E-state index >= 15 is 0 Å². The predicted molar refractivity (Wildman–Crippen MR) is 90.3 cm³/mol. The van der Waals surface area contributed by atoms with Crippen molar-refractivity contribution < 1.29 is 15.1 Å². The van der Waals surface area contributed by atoms with Crippen molar-refractivity contribution in [2.24, 2.45) is 0 Å². The van der Waals surface area contributed by atoms with E-state index in [0.29, 0.717) is 0 Å². The van der Waals surface area contributed by atoms with Crippen molar-refractivity contribution in [1.29, 1.82) is 0 Å². The first-order valence-corrected chi connectivity index (χ1v) is 6.42. The second-order valence-electron chi connectivity index (χ2n) is 4.76. The van der Waals surface area contributed by atoms with E-state index in [2.05, 4.69) is 0 Å². The van der Waals surface area contributed by atoms with E-state index in [1.54, 1.807) is 0 Å². The molecule has 0 spiro atoms. The molecule has 3 aromatic carbocycles. The van der Waals surface area contributed by atoms with Crippen LogP contribution in [0.2, 0.25) is 0 Å². The lowest BCUT2D eigenvalue weighted by Crippen LogP contribution is -1.92. The molecule has 0 bridgehead atoms. The number of para-hydroxylation sites is 1. The fourth-order valence-corrected chi connectivity index (χ4v) is 2.37. The number of hydrogen-bond donors (Lipinski definition) is 0. The molecule has 0 aliphatic carbocycles. The fourth-order valence-electron chi connectivity index (χ4n) is 2.37. The van der Waals surface area contributed by atoms with E-state index in [0.717, 1.165) is 4.57 Å². The predicted octanol–water partition coefficient (Wildman–Crippen LogP) is 5.40. The number of aromatic nitrogens is 1. The highest BCUT2D eigenvalue weighted by Crippen LogP contribution is 2.32. The third kappa shape index (κ3) is 1.85. The van der Waals surface area contributed by atoms with Gasteiger partial charge in [0.1, 0.15) is 0 Å². The summed E-state index contributed by atoms with van der Waals surface area (Å²) in [6.45, 7) is 2.99. The Bertz CT molecular complexity index is 1390. The first-order chi connectivity index (χ1) is 14.8. The van der Waals surface area contributed by atoms with Crippen molar-refractivity contribution in [2.75, 3.05) is 0 Å². The molecule has 1 aromatic heterocycles. The lowest BCUT2D eigenvalue weighted by molar-refractivity contribution is 1.18. The Morgan fingerprint density at radius 2 is 1.24 bits per heavy atom. The topological polar surface area (TPSA) is 4.93 Å². The average molecular weight is 282 g/mol. The van der Waals surface area contributed by atoms with Crippen LogP contribution in [-0.2, 0) is 0 Å². The van der Waals surface area contributed by atoms with Crippen molar-refractivity contribution in [3.8, 4) is 5.69 Å². The van der Waals surface area contributed by atoms with Crippen LogP contribution in [0, 0.1) is 13.8 Å². The molecule has 1 heterocycles. The van der Waals surface area contributed by atoms with E-state index in [1.165, 1.54) is 13.8 Å². The maximum absolute atomic E-state index is 8.59. The molecule has 0 aliphatic rings. The van der Waals surface area contributed by atoms with Crippen LogP contribution in [-0.4, -0.2) is 4.57 Å². The van der Waals surface area contributed by atoms with Crippen molar-refractivity contribution in [3.05, 3.63) is 77.6 Å². The SMILES string of the molecule is [2H]c1c([2H])c([2H])c(-n2c3c([2H])c([2H])c(C)c([2H])c3c3c([2H])c(C)c([2H])c([2H])c32)c([2H])c1[2H]. The summed E-state index contributed by atoms with van der Waals surface area (Å²) in [5.74, 6) is 0. The number of nitrogens with zero attached hydrogens (tertiary/aromatic N) is 1. The van der Waals surface area contributed by atoms with Gasteiger partial charge in [0.15, 0.2) is 0 Å². The normalized spacial score (nSPS) is 18.7. The maximum Gasteiger partial charge on any atom is 0.0645 e. The molecule has 0 saturated heterocycles. The van der Waals surface area contributed by atoms with Gasteiger partial charge in [-0.15, -0.1) is 0 Å². The summed E-state index contributed by atoms with van der Waals surface area (Å²) in [5.41, 5.74) is -0.206. The highest BCUT2D eigenvalue weighted by molar-refractivity contribution is 6.09. The Hall–Kier alpha value is -2.54. The van der Waals surface area contributed by atoms with Gasteiger partial charge in [-0.05, 0) is 50.1 Å². The molecule has 4 rings (SSSR count). The summed E-state index contributed by atoms with van der Waals surface area (Å²) < 4.78 is 92.7. The van der Waals surface area contributed by atoms with Gasteiger partial charge in [-0.1, -0.05) is 41.3 Å². The molecule has 0 unspecified atom stereocenters. The van der Waals surface area contributed by atoms with Gasteiger partial charge in [0.05, 0.1) is 26.1 Å². The van der Waals surface area contributed by atoms with Gasteiger partial charge >= 0.3 is 0 Å². The third-order valence-corrected chi connectivity index (χ3v) is 3.24. The maximum atomic E-state index is 8.59. The average Bonchev–Trinajstić information content (AvgIpc) is 3.12. The second kappa shape index (κ2) is 4.49. The smallest absolute Gasteiger partial charge is 0.0645 e. The van der Waals surface area contributed by atoms with E-state index in [-0.39, 0.29) is 74.9 Å². The Kier molecular flexibility index (Phi) is 1.14. The van der Waals surface area contributed by atoms with Crippen LogP contribution < -0.4 is 0 Å². The van der Waals surface area contributed by atoms with Gasteiger partial charge in [0.25, 0.3) is 0 Å². The van der Waals surface area contributed by atoms with Crippen LogP contribution in [0.25, 0.3) is 27.5 Å². The minimum atomic E-state index is -0.623. The van der Waals surface area contributed by atoms with Crippen molar-refractivity contribution >= 4 is 21.8 Å². The van der Waals surface area contributed by atoms with Crippen molar-refractivity contribution in [1.82, 2.24) is 4.57 Å². The summed E-state index contributed by atoms with van der Waals surface area (Å²) in [5, 5.41) is 0.152. The number of hydrogen-bond acceptors (Lipinski definition) is 0. The molecule has 0 atom stereocenters. The molecule has 0 aliphatic heterocycles. The minimum absolute atomic E-state index is 0.0758. The van der Waals surface area contributed by atoms with E-state index in [9.17, 15) is 0 Å². The van der Waals surface area contributed by atoms with Crippen LogP contribution >= 0.6 is 0 Å². The summed E-state index contributed by atoms with van der Waals surface area (Å²) >= 11 is 0. The molecule has 0 saturated carbocycles. The number of fused-ring (bicyclic) bond motifs is 3. The summed E-state index contributed by atoms with van der Waals surface area (Å²) in [6, 6.07) is -4.62. The summed E-state index contributed by atoms with van der Waals surface area (Å²) in [6.07, 6.45) is 0. The van der Waals surface area contributed by atoms with Crippen LogP contribution in [0.1, 0.15) is 26.2 Å². The van der Waals surface area contributed by atoms with E-state index < -0.39 is 30.2 Å². The molecule has 102 valence electrons. The first kappa shape index (κ1) is 5.34. The fraction of sp³-hybridized carbons (Fsp3) is 0.100. The molecule has 1 nitrogen and oxygen atoms in total. The van der Waals surface area contributed by atoms with Gasteiger partial charge < -0.3 is 4.57 Å². The molecular formula is C20H17N. The molecule has 4 aromatic rings. The monoisotopic (exact) mass is 282 g/mol. The molecule has 21 heavy (non-hydrogen) atoms. The van der Waals surface area contributed by atoms with Gasteiger partial charge in [-0.3, -0.25) is 0 Å². The number of benzene rings is 3. The minimum Gasteiger partial charge on any atom is -0.309 e. The van der Waals surface area contributed by atoms with Gasteiger partial charge in [-0.2, -0.15) is 0 Å². The Morgan fingerprint density at radius 3 is 1.76 bits per heavy atom. The molecule has 0 radical (unpaired) electrons. The Labute approximate surface area is 139 Å². The lowest BCUT2D eigenvalue weighted by atomic mass is 10.1. The quantitative estimate of drug-likeness (QED) is 0.440. The standard InChI is InChI=1S/C20H17N/c1-14-8-10-19-17(12-14)18-13-15(2)9-11-20(18)21(19)16-6-4-3-5-7-16/h3-13H,1-2H3/i3D,4D,5D,6D,7D,8D,9D,10D,11D,12D,13D. The molecule has 1 heteroatoms. The first-order valence-electron chi connectivity index (χ1n) is 11.9. The molecule has 0 amide bonds. The van der Waals surface area contributed by atoms with Gasteiger partial charge in [0.2, 0.25) is 0 Å². The zero-order valence-corrected chi connectivity index (χ0v) is 11.4. The highest BCUT2D eigenvalue weighted by Gasteiger charge is 2.11. The van der Waals surface area contributed by atoms with Crippen LogP contribution in [0.4, 0.5) is 0 Å². The van der Waals surface area contributed by atoms with Gasteiger partial charge in [-0.25, -0.2) is 0 Å². The second-order valence-corrected chi connectivity index (χ2v) is 4.76. The molecule has 0 N–H and O–H groups in total. The van der Waals surface area contributed by atoms with Crippen molar-refractivity contribution in [2.45, 2.75) is 13.8 Å². The van der Waals surface area contributed by atoms with Crippen LogP contribution in [0.5, 0.6) is 0 Å². The van der Waals surface area contributed by atoms with Crippen LogP contribution in [0.15, 0.2) is 66.5 Å². The highest BCUT2D eigenvalue weighted by atomic mass is 15.0. The van der Waals surface area contributed by atoms with Crippen molar-refractivity contribution in [3.63, 3.8) is 0 Å². The van der Waals surface area contributed by atoms with E-state index in [1.807, 2.05) is 0 Å². The Morgan fingerprint density at radius 1 is 0.714 bits per heavy atom. The lowest BCUT2D eigenvalue weighted by Gasteiger charge is -2.07. The summed E-state index contributed by atoms with van der Waals surface area (Å²) in [7, 11) is 0. The van der Waals surface area contributed by atoms with Gasteiger partial charge in [0, 0.05) is 16.5 Å². The number of rotatable bonds is 1. The third-order valence-electron chi connectivity index (χ3n) is 3.24. The largest absolute Gasteiger partial charge is 0.309 e. The zero-order chi connectivity index (χ0) is 24.0. The Balaban J connectivity index is 2.50. The zero-order valence-electron chi connectivity index (χ0n) is 22.4. The molecular weight excluding hydrogens is 254 g/mol. The summed E-state index contributed by atoms with van der Waals surface area (Å²) in [4.78, 5) is 0. The van der Waals surface area contributed by atoms with E-state index in [4.69, 9.17) is 15.1 Å². The van der Waals surface area contributed by atoms with Crippen LogP contribution in [0.3, 0.4) is 0 Å². The molecule has 0 fully saturated rings.